The first-order valence-electron chi connectivity index (χ1n) is 7.15. The predicted octanol–water partition coefficient (Wildman–Crippen LogP) is 1.63. The molecule has 104 valence electrons. The van der Waals surface area contributed by atoms with E-state index in [1.165, 1.54) is 0 Å². The van der Waals surface area contributed by atoms with Crippen LogP contribution in [0, 0.1) is 0 Å². The Morgan fingerprint density at radius 1 is 1.37 bits per heavy atom. The maximum absolute atomic E-state index is 12.0. The average Bonchev–Trinajstić information content (AvgIpc) is 2.48. The van der Waals surface area contributed by atoms with Gasteiger partial charge in [0.15, 0.2) is 0 Å². The lowest BCUT2D eigenvalue weighted by molar-refractivity contribution is 0.0953. The van der Waals surface area contributed by atoms with Crippen molar-refractivity contribution >= 4 is 11.6 Å². The van der Waals surface area contributed by atoms with Gasteiger partial charge in [0.25, 0.3) is 5.91 Å². The number of nitrogens with one attached hydrogen (secondary N) is 2. The van der Waals surface area contributed by atoms with Crippen LogP contribution in [0.4, 0.5) is 5.69 Å². The summed E-state index contributed by atoms with van der Waals surface area (Å²) in [6, 6.07) is 7.92. The van der Waals surface area contributed by atoms with Crippen LogP contribution in [0.15, 0.2) is 24.3 Å². The van der Waals surface area contributed by atoms with Gasteiger partial charge in [-0.2, -0.15) is 0 Å². The SMILES string of the molecule is CCCCNC(=O)c1cccc(N2CCNCC2)c1. The van der Waals surface area contributed by atoms with Crippen molar-refractivity contribution in [1.82, 2.24) is 10.6 Å². The number of nitrogens with zero attached hydrogens (tertiary/aromatic N) is 1. The van der Waals surface area contributed by atoms with E-state index < -0.39 is 0 Å². The molecule has 4 heteroatoms. The lowest BCUT2D eigenvalue weighted by atomic mass is 10.1. The third kappa shape index (κ3) is 3.96. The predicted molar refractivity (Wildman–Crippen MR) is 78.8 cm³/mol. The molecule has 1 fully saturated rings. The molecule has 1 aromatic carbocycles. The van der Waals surface area contributed by atoms with Crippen molar-refractivity contribution in [3.05, 3.63) is 29.8 Å². The summed E-state index contributed by atoms with van der Waals surface area (Å²) in [5.74, 6) is 0.0328. The van der Waals surface area contributed by atoms with E-state index >= 15 is 0 Å². The Bertz CT molecular complexity index is 414. The largest absolute Gasteiger partial charge is 0.369 e. The first-order valence-corrected chi connectivity index (χ1v) is 7.15. The van der Waals surface area contributed by atoms with Gasteiger partial charge in [-0.3, -0.25) is 4.79 Å². The van der Waals surface area contributed by atoms with Gasteiger partial charge in [0, 0.05) is 44.0 Å². The fraction of sp³-hybridized carbons (Fsp3) is 0.533. The van der Waals surface area contributed by atoms with Crippen molar-refractivity contribution < 1.29 is 4.79 Å². The minimum Gasteiger partial charge on any atom is -0.369 e. The van der Waals surface area contributed by atoms with Crippen LogP contribution in [0.2, 0.25) is 0 Å². The quantitative estimate of drug-likeness (QED) is 0.792. The van der Waals surface area contributed by atoms with Crippen molar-refractivity contribution in [3.63, 3.8) is 0 Å². The molecule has 0 atom stereocenters. The Hall–Kier alpha value is -1.55. The molecular formula is C15H23N3O. The van der Waals surface area contributed by atoms with E-state index in [-0.39, 0.29) is 5.91 Å². The molecule has 0 spiro atoms. The number of carbonyl (C=O) groups excluding carboxylic acids is 1. The lowest BCUT2D eigenvalue weighted by Crippen LogP contribution is -2.43. The van der Waals surface area contributed by atoms with Crippen LogP contribution in [-0.2, 0) is 0 Å². The van der Waals surface area contributed by atoms with Crippen molar-refractivity contribution in [2.75, 3.05) is 37.6 Å². The number of anilines is 1. The molecule has 2 rings (SSSR count). The molecule has 0 aliphatic carbocycles. The van der Waals surface area contributed by atoms with Gasteiger partial charge >= 0.3 is 0 Å². The smallest absolute Gasteiger partial charge is 0.251 e. The number of hydrogen-bond acceptors (Lipinski definition) is 3. The van der Waals surface area contributed by atoms with E-state index in [2.05, 4.69) is 28.5 Å². The van der Waals surface area contributed by atoms with Crippen LogP contribution in [0.3, 0.4) is 0 Å². The number of hydrogen-bond donors (Lipinski definition) is 2. The Morgan fingerprint density at radius 3 is 2.89 bits per heavy atom. The fourth-order valence-corrected chi connectivity index (χ4v) is 2.25. The van der Waals surface area contributed by atoms with Crippen LogP contribution in [-0.4, -0.2) is 38.6 Å². The van der Waals surface area contributed by atoms with Crippen molar-refractivity contribution in [2.24, 2.45) is 0 Å². The maximum Gasteiger partial charge on any atom is 0.251 e. The number of carbonyl (C=O) groups is 1. The highest BCUT2D eigenvalue weighted by molar-refractivity contribution is 5.95. The van der Waals surface area contributed by atoms with Crippen molar-refractivity contribution in [1.29, 1.82) is 0 Å². The third-order valence-electron chi connectivity index (χ3n) is 3.41. The van der Waals surface area contributed by atoms with Crippen LogP contribution < -0.4 is 15.5 Å². The summed E-state index contributed by atoms with van der Waals surface area (Å²) in [5.41, 5.74) is 1.90. The van der Waals surface area contributed by atoms with Gasteiger partial charge in [-0.25, -0.2) is 0 Å². The second-order valence-electron chi connectivity index (χ2n) is 4.90. The Morgan fingerprint density at radius 2 is 2.16 bits per heavy atom. The van der Waals surface area contributed by atoms with Gasteiger partial charge in [-0.05, 0) is 24.6 Å². The third-order valence-corrected chi connectivity index (χ3v) is 3.41. The Labute approximate surface area is 115 Å². The minimum absolute atomic E-state index is 0.0328. The molecule has 0 aromatic heterocycles. The molecule has 1 aliphatic heterocycles. The number of unbranched alkanes of at least 4 members (excludes halogenated alkanes) is 1. The molecule has 4 nitrogen and oxygen atoms in total. The van der Waals surface area contributed by atoms with E-state index in [1.54, 1.807) is 0 Å². The van der Waals surface area contributed by atoms with Gasteiger partial charge in [0.2, 0.25) is 0 Å². The molecule has 0 saturated carbocycles. The van der Waals surface area contributed by atoms with Gasteiger partial charge < -0.3 is 15.5 Å². The van der Waals surface area contributed by atoms with Crippen molar-refractivity contribution in [3.8, 4) is 0 Å². The number of piperazine rings is 1. The summed E-state index contributed by atoms with van der Waals surface area (Å²) < 4.78 is 0. The zero-order chi connectivity index (χ0) is 13.5. The lowest BCUT2D eigenvalue weighted by Gasteiger charge is -2.29. The molecule has 1 aliphatic rings. The van der Waals surface area contributed by atoms with Gasteiger partial charge in [-0.1, -0.05) is 19.4 Å². The van der Waals surface area contributed by atoms with E-state index in [0.717, 1.165) is 56.8 Å². The standard InChI is InChI=1S/C15H23N3O/c1-2-3-7-17-15(19)13-5-4-6-14(12-13)18-10-8-16-9-11-18/h4-6,12,16H,2-3,7-11H2,1H3,(H,17,19). The normalized spacial score (nSPS) is 15.3. The molecule has 1 aromatic rings. The molecule has 2 N–H and O–H groups in total. The highest BCUT2D eigenvalue weighted by atomic mass is 16.1. The summed E-state index contributed by atoms with van der Waals surface area (Å²) >= 11 is 0. The van der Waals surface area contributed by atoms with E-state index in [1.807, 2.05) is 18.2 Å². The molecule has 0 bridgehead atoms. The highest BCUT2D eigenvalue weighted by Crippen LogP contribution is 2.16. The van der Waals surface area contributed by atoms with E-state index in [9.17, 15) is 4.79 Å². The monoisotopic (exact) mass is 261 g/mol. The minimum atomic E-state index is 0.0328. The number of benzene rings is 1. The summed E-state index contributed by atoms with van der Waals surface area (Å²) in [6.07, 6.45) is 2.13. The molecule has 1 amide bonds. The topological polar surface area (TPSA) is 44.4 Å². The summed E-state index contributed by atoms with van der Waals surface area (Å²) in [5, 5.41) is 6.30. The molecule has 0 unspecified atom stereocenters. The van der Waals surface area contributed by atoms with Crippen molar-refractivity contribution in [2.45, 2.75) is 19.8 Å². The van der Waals surface area contributed by atoms with Crippen LogP contribution >= 0.6 is 0 Å². The zero-order valence-electron chi connectivity index (χ0n) is 11.6. The van der Waals surface area contributed by atoms with Crippen LogP contribution in [0.25, 0.3) is 0 Å². The van der Waals surface area contributed by atoms with E-state index in [0.29, 0.717) is 0 Å². The molecular weight excluding hydrogens is 238 g/mol. The average molecular weight is 261 g/mol. The summed E-state index contributed by atoms with van der Waals surface area (Å²) in [6.45, 7) is 6.89. The van der Waals surface area contributed by atoms with Gasteiger partial charge in [0.1, 0.15) is 0 Å². The number of rotatable bonds is 5. The van der Waals surface area contributed by atoms with Gasteiger partial charge in [-0.15, -0.1) is 0 Å². The highest BCUT2D eigenvalue weighted by Gasteiger charge is 2.12. The number of amides is 1. The molecule has 19 heavy (non-hydrogen) atoms. The Balaban J connectivity index is 1.99. The summed E-state index contributed by atoms with van der Waals surface area (Å²) in [4.78, 5) is 14.3. The van der Waals surface area contributed by atoms with Crippen LogP contribution in [0.1, 0.15) is 30.1 Å². The maximum atomic E-state index is 12.0. The Kier molecular flexibility index (Phi) is 5.21. The zero-order valence-corrected chi connectivity index (χ0v) is 11.6. The van der Waals surface area contributed by atoms with Gasteiger partial charge in [0.05, 0.1) is 0 Å². The first-order chi connectivity index (χ1) is 9.31. The second-order valence-corrected chi connectivity index (χ2v) is 4.90. The second kappa shape index (κ2) is 7.14. The molecule has 1 heterocycles. The summed E-state index contributed by atoms with van der Waals surface area (Å²) in [7, 11) is 0. The van der Waals surface area contributed by atoms with E-state index in [4.69, 9.17) is 0 Å². The molecule has 0 radical (unpaired) electrons. The van der Waals surface area contributed by atoms with Crippen LogP contribution in [0.5, 0.6) is 0 Å². The first kappa shape index (κ1) is 13.9. The fourth-order valence-electron chi connectivity index (χ4n) is 2.25. The molecule has 1 saturated heterocycles.